The van der Waals surface area contributed by atoms with Crippen molar-refractivity contribution < 1.29 is 0 Å². The van der Waals surface area contributed by atoms with Gasteiger partial charge >= 0.3 is 0 Å². The first-order valence-electron chi connectivity index (χ1n) is 8.21. The second-order valence-corrected chi connectivity index (χ2v) is 6.86. The number of anilines is 2. The van der Waals surface area contributed by atoms with E-state index in [1.807, 2.05) is 0 Å². The summed E-state index contributed by atoms with van der Waals surface area (Å²) in [6.07, 6.45) is 0. The van der Waals surface area contributed by atoms with Gasteiger partial charge in [-0.3, -0.25) is 4.31 Å². The summed E-state index contributed by atoms with van der Waals surface area (Å²) in [4.78, 5) is 2.51. The average molecular weight is 326 g/mol. The number of hydrogen-bond donors (Lipinski definition) is 2. The highest BCUT2D eigenvalue weighted by atomic mass is 32.2. The Morgan fingerprint density at radius 2 is 1.70 bits per heavy atom. The maximum atomic E-state index is 3.49. The molecule has 2 aromatic carbocycles. The highest BCUT2D eigenvalue weighted by Crippen LogP contribution is 2.37. The largest absolute Gasteiger partial charge is 0.369 e. The molecule has 4 rings (SSSR count). The number of piperazine rings is 1. The Balaban J connectivity index is 1.63. The SMILES string of the molecule is c1ccc(CN2SNCc3c(N4CCNCC4)cccc32)cc1. The topological polar surface area (TPSA) is 30.5 Å². The van der Waals surface area contributed by atoms with Crippen LogP contribution in [0.4, 0.5) is 11.4 Å². The molecular formula is C18H22N4S. The molecule has 0 unspecified atom stereocenters. The van der Waals surface area contributed by atoms with Crippen LogP contribution in [0.1, 0.15) is 11.1 Å². The molecule has 2 heterocycles. The fourth-order valence-corrected chi connectivity index (χ4v) is 4.13. The first kappa shape index (κ1) is 14.9. The molecule has 2 aromatic rings. The summed E-state index contributed by atoms with van der Waals surface area (Å²) in [7, 11) is 0. The quantitative estimate of drug-likeness (QED) is 0.847. The third-order valence-electron chi connectivity index (χ3n) is 4.45. The van der Waals surface area contributed by atoms with Gasteiger partial charge < -0.3 is 10.2 Å². The predicted octanol–water partition coefficient (Wildman–Crippen LogP) is 2.77. The molecule has 2 aliphatic heterocycles. The predicted molar refractivity (Wildman–Crippen MR) is 98.6 cm³/mol. The third kappa shape index (κ3) is 3.17. The number of nitrogens with zero attached hydrogens (tertiary/aromatic N) is 2. The van der Waals surface area contributed by atoms with Gasteiger partial charge in [-0.25, -0.2) is 4.72 Å². The Kier molecular flexibility index (Phi) is 4.41. The van der Waals surface area contributed by atoms with Crippen LogP contribution in [-0.2, 0) is 13.1 Å². The molecule has 4 nitrogen and oxygen atoms in total. The lowest BCUT2D eigenvalue weighted by Gasteiger charge is -2.36. The van der Waals surface area contributed by atoms with Crippen LogP contribution in [0.15, 0.2) is 48.5 Å². The van der Waals surface area contributed by atoms with Crippen molar-refractivity contribution in [2.45, 2.75) is 13.1 Å². The van der Waals surface area contributed by atoms with Crippen LogP contribution in [0.5, 0.6) is 0 Å². The number of hydrogen-bond acceptors (Lipinski definition) is 5. The lowest BCUT2D eigenvalue weighted by atomic mass is 10.1. The van der Waals surface area contributed by atoms with Gasteiger partial charge in [-0.2, -0.15) is 0 Å². The van der Waals surface area contributed by atoms with E-state index in [4.69, 9.17) is 0 Å². The van der Waals surface area contributed by atoms with Crippen LogP contribution in [0.3, 0.4) is 0 Å². The van der Waals surface area contributed by atoms with Crippen molar-refractivity contribution in [3.05, 3.63) is 59.7 Å². The molecule has 23 heavy (non-hydrogen) atoms. The minimum atomic E-state index is 0.913. The van der Waals surface area contributed by atoms with Crippen molar-refractivity contribution in [2.24, 2.45) is 0 Å². The molecule has 0 aliphatic carbocycles. The molecule has 1 saturated heterocycles. The smallest absolute Gasteiger partial charge is 0.0558 e. The van der Waals surface area contributed by atoms with E-state index in [9.17, 15) is 0 Å². The Morgan fingerprint density at radius 3 is 2.52 bits per heavy atom. The van der Waals surface area contributed by atoms with Crippen molar-refractivity contribution in [3.8, 4) is 0 Å². The molecule has 0 bridgehead atoms. The van der Waals surface area contributed by atoms with Gasteiger partial charge in [0, 0.05) is 56.1 Å². The zero-order valence-corrected chi connectivity index (χ0v) is 14.0. The molecule has 120 valence electrons. The molecule has 0 atom stereocenters. The summed E-state index contributed by atoms with van der Waals surface area (Å²) in [6, 6.07) is 17.4. The summed E-state index contributed by atoms with van der Waals surface area (Å²) in [5.74, 6) is 0. The number of nitrogens with one attached hydrogen (secondary N) is 2. The molecule has 0 amide bonds. The summed E-state index contributed by atoms with van der Waals surface area (Å²) >= 11 is 1.71. The van der Waals surface area contributed by atoms with E-state index in [0.29, 0.717) is 0 Å². The van der Waals surface area contributed by atoms with Gasteiger partial charge in [0.05, 0.1) is 12.2 Å². The lowest BCUT2D eigenvalue weighted by Crippen LogP contribution is -2.44. The molecule has 2 N–H and O–H groups in total. The zero-order chi connectivity index (χ0) is 15.5. The third-order valence-corrected chi connectivity index (χ3v) is 5.27. The monoisotopic (exact) mass is 326 g/mol. The minimum absolute atomic E-state index is 0.913. The second-order valence-electron chi connectivity index (χ2n) is 5.95. The Labute approximate surface area is 142 Å². The fraction of sp³-hybridized carbons (Fsp3) is 0.333. The van der Waals surface area contributed by atoms with E-state index in [-0.39, 0.29) is 0 Å². The highest BCUT2D eigenvalue weighted by molar-refractivity contribution is 7.98. The normalized spacial score (nSPS) is 17.9. The van der Waals surface area contributed by atoms with Crippen LogP contribution >= 0.6 is 12.1 Å². The Hall–Kier alpha value is -1.69. The van der Waals surface area contributed by atoms with E-state index in [0.717, 1.165) is 39.3 Å². The first-order valence-corrected chi connectivity index (χ1v) is 8.98. The van der Waals surface area contributed by atoms with Gasteiger partial charge in [-0.15, -0.1) is 0 Å². The molecule has 5 heteroatoms. The number of rotatable bonds is 3. The van der Waals surface area contributed by atoms with Gasteiger partial charge in [0.15, 0.2) is 0 Å². The maximum absolute atomic E-state index is 3.49. The summed E-state index contributed by atoms with van der Waals surface area (Å²) in [5, 5.41) is 3.43. The van der Waals surface area contributed by atoms with Crippen molar-refractivity contribution in [3.63, 3.8) is 0 Å². The Bertz CT molecular complexity index is 655. The van der Waals surface area contributed by atoms with Crippen LogP contribution in [-0.4, -0.2) is 26.2 Å². The Morgan fingerprint density at radius 1 is 0.913 bits per heavy atom. The van der Waals surface area contributed by atoms with Crippen LogP contribution < -0.4 is 19.2 Å². The number of fused-ring (bicyclic) bond motifs is 1. The van der Waals surface area contributed by atoms with E-state index in [1.165, 1.54) is 22.5 Å². The lowest BCUT2D eigenvalue weighted by molar-refractivity contribution is 0.587. The highest BCUT2D eigenvalue weighted by Gasteiger charge is 2.23. The fourth-order valence-electron chi connectivity index (χ4n) is 3.28. The van der Waals surface area contributed by atoms with Gasteiger partial charge in [-0.1, -0.05) is 36.4 Å². The van der Waals surface area contributed by atoms with Gasteiger partial charge in [0.2, 0.25) is 0 Å². The van der Waals surface area contributed by atoms with Crippen molar-refractivity contribution in [1.82, 2.24) is 10.0 Å². The molecule has 0 aromatic heterocycles. The molecule has 0 spiro atoms. The molecule has 0 saturated carbocycles. The van der Waals surface area contributed by atoms with Crippen molar-refractivity contribution >= 4 is 23.5 Å². The molecule has 0 radical (unpaired) electrons. The van der Waals surface area contributed by atoms with Gasteiger partial charge in [0.1, 0.15) is 0 Å². The summed E-state index contributed by atoms with van der Waals surface area (Å²) in [6.45, 7) is 6.14. The molecule has 2 aliphatic rings. The van der Waals surface area contributed by atoms with Gasteiger partial charge in [0.25, 0.3) is 0 Å². The van der Waals surface area contributed by atoms with E-state index in [1.54, 1.807) is 12.1 Å². The van der Waals surface area contributed by atoms with Crippen LogP contribution in [0.25, 0.3) is 0 Å². The minimum Gasteiger partial charge on any atom is -0.369 e. The van der Waals surface area contributed by atoms with Crippen molar-refractivity contribution in [2.75, 3.05) is 35.4 Å². The summed E-state index contributed by atoms with van der Waals surface area (Å²) < 4.78 is 5.85. The molecular weight excluding hydrogens is 304 g/mol. The first-order chi connectivity index (χ1) is 11.4. The molecule has 1 fully saturated rings. The van der Waals surface area contributed by atoms with E-state index < -0.39 is 0 Å². The summed E-state index contributed by atoms with van der Waals surface area (Å²) in [5.41, 5.74) is 5.48. The zero-order valence-electron chi connectivity index (χ0n) is 13.2. The van der Waals surface area contributed by atoms with Crippen LogP contribution in [0.2, 0.25) is 0 Å². The average Bonchev–Trinajstić information content (AvgIpc) is 2.63. The van der Waals surface area contributed by atoms with Gasteiger partial charge in [-0.05, 0) is 17.7 Å². The maximum Gasteiger partial charge on any atom is 0.0558 e. The van der Waals surface area contributed by atoms with Crippen LogP contribution in [0, 0.1) is 0 Å². The standard InChI is InChI=1S/C18H22N4S/c1-2-5-15(6-3-1)14-22-18-8-4-7-17(16(18)13-20-23-22)21-11-9-19-10-12-21/h1-8,19-20H,9-14H2. The van der Waals surface area contributed by atoms with E-state index >= 15 is 0 Å². The van der Waals surface area contributed by atoms with E-state index in [2.05, 4.69) is 67.8 Å². The number of benzene rings is 2. The van der Waals surface area contributed by atoms with Crippen molar-refractivity contribution in [1.29, 1.82) is 0 Å². The second kappa shape index (κ2) is 6.83.